The summed E-state index contributed by atoms with van der Waals surface area (Å²) in [5.41, 5.74) is 7.80. The maximum Gasteiger partial charge on any atom is 0.130 e. The summed E-state index contributed by atoms with van der Waals surface area (Å²) in [4.78, 5) is 0. The Morgan fingerprint density at radius 1 is 1.26 bits per heavy atom. The Balaban J connectivity index is 1.76. The second-order valence-corrected chi connectivity index (χ2v) is 4.33. The van der Waals surface area contributed by atoms with Crippen LogP contribution in [0.1, 0.15) is 22.6 Å². The van der Waals surface area contributed by atoms with Crippen LogP contribution in [-0.4, -0.2) is 6.61 Å². The topological polar surface area (TPSA) is 48.4 Å². The zero-order chi connectivity index (χ0) is 13.5. The first-order chi connectivity index (χ1) is 9.29. The van der Waals surface area contributed by atoms with Gasteiger partial charge in [0.25, 0.3) is 0 Å². The molecule has 0 atom stereocenters. The average Bonchev–Trinajstić information content (AvgIpc) is 2.80. The van der Waals surface area contributed by atoms with Crippen LogP contribution >= 0.6 is 0 Å². The first-order valence-corrected chi connectivity index (χ1v) is 6.37. The van der Waals surface area contributed by atoms with Gasteiger partial charge in [-0.25, -0.2) is 0 Å². The molecule has 0 radical (unpaired) electrons. The SMILES string of the molecule is Cc1oc(COCC=Cc2ccccc2)cc1CN. The molecule has 0 fully saturated rings. The summed E-state index contributed by atoms with van der Waals surface area (Å²) in [5, 5.41) is 0. The minimum absolute atomic E-state index is 0.472. The number of rotatable bonds is 6. The highest BCUT2D eigenvalue weighted by Crippen LogP contribution is 2.14. The lowest BCUT2D eigenvalue weighted by atomic mass is 10.2. The highest BCUT2D eigenvalue weighted by atomic mass is 16.5. The molecule has 0 aliphatic carbocycles. The number of aryl methyl sites for hydroxylation is 1. The molecular weight excluding hydrogens is 238 g/mol. The van der Waals surface area contributed by atoms with E-state index in [0.717, 1.165) is 17.1 Å². The average molecular weight is 257 g/mol. The van der Waals surface area contributed by atoms with Crippen LogP contribution in [0, 0.1) is 6.92 Å². The molecule has 1 heterocycles. The van der Waals surface area contributed by atoms with Crippen LogP contribution in [0.5, 0.6) is 0 Å². The van der Waals surface area contributed by atoms with Gasteiger partial charge in [0.2, 0.25) is 0 Å². The Morgan fingerprint density at radius 2 is 2.05 bits per heavy atom. The fourth-order valence-electron chi connectivity index (χ4n) is 1.84. The van der Waals surface area contributed by atoms with Gasteiger partial charge >= 0.3 is 0 Å². The van der Waals surface area contributed by atoms with Crippen molar-refractivity contribution in [3.05, 3.63) is 65.1 Å². The van der Waals surface area contributed by atoms with E-state index >= 15 is 0 Å². The smallest absolute Gasteiger partial charge is 0.130 e. The molecule has 3 nitrogen and oxygen atoms in total. The Labute approximate surface area is 113 Å². The van der Waals surface area contributed by atoms with Gasteiger partial charge in [-0.15, -0.1) is 0 Å². The minimum Gasteiger partial charge on any atom is -0.464 e. The van der Waals surface area contributed by atoms with Crippen molar-refractivity contribution in [1.82, 2.24) is 0 Å². The van der Waals surface area contributed by atoms with E-state index in [1.165, 1.54) is 5.56 Å². The summed E-state index contributed by atoms with van der Waals surface area (Å²) in [6, 6.07) is 12.1. The van der Waals surface area contributed by atoms with E-state index in [1.54, 1.807) is 0 Å². The van der Waals surface area contributed by atoms with Crippen LogP contribution in [0.4, 0.5) is 0 Å². The molecule has 2 aromatic rings. The predicted octanol–water partition coefficient (Wildman–Crippen LogP) is 3.28. The van der Waals surface area contributed by atoms with Crippen LogP contribution in [0.2, 0.25) is 0 Å². The second kappa shape index (κ2) is 6.92. The summed E-state index contributed by atoms with van der Waals surface area (Å²) >= 11 is 0. The molecule has 0 aliphatic heterocycles. The Bertz CT molecular complexity index is 529. The van der Waals surface area contributed by atoms with E-state index in [-0.39, 0.29) is 0 Å². The van der Waals surface area contributed by atoms with Crippen LogP contribution < -0.4 is 5.73 Å². The molecule has 0 saturated heterocycles. The molecule has 100 valence electrons. The van der Waals surface area contributed by atoms with Crippen LogP contribution in [0.15, 0.2) is 46.9 Å². The van der Waals surface area contributed by atoms with Gasteiger partial charge in [-0.1, -0.05) is 42.5 Å². The third-order valence-corrected chi connectivity index (χ3v) is 2.86. The van der Waals surface area contributed by atoms with Crippen molar-refractivity contribution < 1.29 is 9.15 Å². The Morgan fingerprint density at radius 3 is 2.74 bits per heavy atom. The first kappa shape index (κ1) is 13.6. The molecular formula is C16H19NO2. The van der Waals surface area contributed by atoms with Gasteiger partial charge in [0.15, 0.2) is 0 Å². The van der Waals surface area contributed by atoms with Crippen molar-refractivity contribution in [1.29, 1.82) is 0 Å². The standard InChI is InChI=1S/C16H19NO2/c1-13-15(11-17)10-16(19-13)12-18-9-5-8-14-6-3-2-4-7-14/h2-8,10H,9,11-12,17H2,1H3. The van der Waals surface area contributed by atoms with Crippen molar-refractivity contribution >= 4 is 6.08 Å². The van der Waals surface area contributed by atoms with Gasteiger partial charge < -0.3 is 14.9 Å². The highest BCUT2D eigenvalue weighted by Gasteiger charge is 2.05. The van der Waals surface area contributed by atoms with Gasteiger partial charge in [0.1, 0.15) is 18.1 Å². The molecule has 2 rings (SSSR count). The summed E-state index contributed by atoms with van der Waals surface area (Å²) in [7, 11) is 0. The number of hydrogen-bond donors (Lipinski definition) is 1. The third kappa shape index (κ3) is 4.09. The number of furan rings is 1. The van der Waals surface area contributed by atoms with Gasteiger partial charge in [0, 0.05) is 12.1 Å². The van der Waals surface area contributed by atoms with Crippen LogP contribution in [-0.2, 0) is 17.9 Å². The zero-order valence-electron chi connectivity index (χ0n) is 11.1. The van der Waals surface area contributed by atoms with Crippen molar-refractivity contribution in [2.45, 2.75) is 20.1 Å². The van der Waals surface area contributed by atoms with E-state index in [9.17, 15) is 0 Å². The predicted molar refractivity (Wildman–Crippen MR) is 76.5 cm³/mol. The molecule has 0 unspecified atom stereocenters. The molecule has 0 saturated carbocycles. The van der Waals surface area contributed by atoms with E-state index in [4.69, 9.17) is 14.9 Å². The summed E-state index contributed by atoms with van der Waals surface area (Å²) < 4.78 is 11.1. The first-order valence-electron chi connectivity index (χ1n) is 6.37. The largest absolute Gasteiger partial charge is 0.464 e. The maximum absolute atomic E-state index is 5.59. The lowest BCUT2D eigenvalue weighted by Gasteiger charge is -1.97. The van der Waals surface area contributed by atoms with Gasteiger partial charge in [-0.3, -0.25) is 0 Å². The van der Waals surface area contributed by atoms with Crippen molar-refractivity contribution in [3.8, 4) is 0 Å². The maximum atomic E-state index is 5.59. The number of ether oxygens (including phenoxy) is 1. The van der Waals surface area contributed by atoms with Gasteiger partial charge in [-0.05, 0) is 18.6 Å². The molecule has 19 heavy (non-hydrogen) atoms. The fourth-order valence-corrected chi connectivity index (χ4v) is 1.84. The zero-order valence-corrected chi connectivity index (χ0v) is 11.1. The van der Waals surface area contributed by atoms with Crippen molar-refractivity contribution in [2.75, 3.05) is 6.61 Å². The summed E-state index contributed by atoms with van der Waals surface area (Å²) in [5.74, 6) is 1.70. The lowest BCUT2D eigenvalue weighted by molar-refractivity contribution is 0.131. The Hall–Kier alpha value is -1.84. The molecule has 3 heteroatoms. The van der Waals surface area contributed by atoms with Crippen LogP contribution in [0.25, 0.3) is 6.08 Å². The molecule has 0 aliphatic rings. The van der Waals surface area contributed by atoms with Crippen molar-refractivity contribution in [2.24, 2.45) is 5.73 Å². The fraction of sp³-hybridized carbons (Fsp3) is 0.250. The van der Waals surface area contributed by atoms with Gasteiger partial charge in [0.05, 0.1) is 6.61 Å². The normalized spacial score (nSPS) is 11.3. The molecule has 0 amide bonds. The molecule has 1 aromatic heterocycles. The molecule has 1 aromatic carbocycles. The molecule has 0 bridgehead atoms. The van der Waals surface area contributed by atoms with E-state index in [0.29, 0.717) is 19.8 Å². The number of nitrogens with two attached hydrogens (primary N) is 1. The Kier molecular flexibility index (Phi) is 4.95. The van der Waals surface area contributed by atoms with E-state index < -0.39 is 0 Å². The molecule has 0 spiro atoms. The van der Waals surface area contributed by atoms with Crippen LogP contribution in [0.3, 0.4) is 0 Å². The molecule has 2 N–H and O–H groups in total. The van der Waals surface area contributed by atoms with E-state index in [1.807, 2.05) is 43.3 Å². The second-order valence-electron chi connectivity index (χ2n) is 4.33. The highest BCUT2D eigenvalue weighted by molar-refractivity contribution is 5.48. The lowest BCUT2D eigenvalue weighted by Crippen LogP contribution is -1.95. The summed E-state index contributed by atoms with van der Waals surface area (Å²) in [6.07, 6.45) is 4.04. The number of hydrogen-bond acceptors (Lipinski definition) is 3. The van der Waals surface area contributed by atoms with Crippen molar-refractivity contribution in [3.63, 3.8) is 0 Å². The monoisotopic (exact) mass is 257 g/mol. The minimum atomic E-state index is 0.472. The third-order valence-electron chi connectivity index (χ3n) is 2.86. The van der Waals surface area contributed by atoms with Gasteiger partial charge in [-0.2, -0.15) is 0 Å². The van der Waals surface area contributed by atoms with E-state index in [2.05, 4.69) is 12.1 Å². The summed E-state index contributed by atoms with van der Waals surface area (Å²) in [6.45, 7) is 3.46. The quantitative estimate of drug-likeness (QED) is 0.808. The number of benzene rings is 1.